The molecule has 2 aromatic rings. The summed E-state index contributed by atoms with van der Waals surface area (Å²) in [5, 5.41) is 6.00. The molecule has 1 atom stereocenters. The third-order valence-corrected chi connectivity index (χ3v) is 6.30. The van der Waals surface area contributed by atoms with E-state index in [0.717, 1.165) is 59.8 Å². The van der Waals surface area contributed by atoms with Crippen molar-refractivity contribution in [2.45, 2.75) is 36.6 Å². The summed E-state index contributed by atoms with van der Waals surface area (Å²) >= 11 is 1.64. The standard InChI is InChI=1S/C23H27N3O3S/c1-30-19-6-4-5-17(14-19)24-22(27)15-26-11-3-2-7-20(26)23(28)25-18-8-9-21-16(13-18)10-12-29-21/h4-6,8-9,13-14,20H,2-3,7,10-12,15H2,1H3,(H,24,27)(H,25,28)/t20-/m1/s1. The molecular weight excluding hydrogens is 398 g/mol. The zero-order chi connectivity index (χ0) is 20.9. The predicted octanol–water partition coefficient (Wildman–Crippen LogP) is 3.78. The van der Waals surface area contributed by atoms with E-state index in [9.17, 15) is 9.59 Å². The van der Waals surface area contributed by atoms with E-state index in [1.165, 1.54) is 0 Å². The normalized spacial score (nSPS) is 18.4. The molecule has 2 amide bonds. The molecule has 1 saturated heterocycles. The summed E-state index contributed by atoms with van der Waals surface area (Å²) in [6, 6.07) is 13.3. The quantitative estimate of drug-likeness (QED) is 0.690. The molecule has 0 bridgehead atoms. The van der Waals surface area contributed by atoms with Crippen LogP contribution >= 0.6 is 11.8 Å². The van der Waals surface area contributed by atoms with E-state index in [-0.39, 0.29) is 24.4 Å². The molecule has 0 unspecified atom stereocenters. The van der Waals surface area contributed by atoms with E-state index in [2.05, 4.69) is 10.6 Å². The van der Waals surface area contributed by atoms with Crippen molar-refractivity contribution in [1.82, 2.24) is 4.90 Å². The monoisotopic (exact) mass is 425 g/mol. The molecule has 0 saturated carbocycles. The SMILES string of the molecule is CSc1cccc(NC(=O)CN2CCCC[C@@H]2C(=O)Nc2ccc3c(c2)CCO3)c1. The summed E-state index contributed by atoms with van der Waals surface area (Å²) in [6.45, 7) is 1.64. The molecule has 2 heterocycles. The Kier molecular flexibility index (Phi) is 6.59. The minimum absolute atomic E-state index is 0.0502. The van der Waals surface area contributed by atoms with Gasteiger partial charge in [0.1, 0.15) is 5.75 Å². The van der Waals surface area contributed by atoms with Gasteiger partial charge in [0, 0.05) is 22.7 Å². The number of rotatable bonds is 6. The lowest BCUT2D eigenvalue weighted by atomic mass is 10.0. The lowest BCUT2D eigenvalue weighted by Gasteiger charge is -2.34. The molecule has 1 fully saturated rings. The molecule has 6 nitrogen and oxygen atoms in total. The Balaban J connectivity index is 1.38. The number of hydrogen-bond acceptors (Lipinski definition) is 5. The van der Waals surface area contributed by atoms with Crippen LogP contribution in [0, 0.1) is 0 Å². The van der Waals surface area contributed by atoms with Crippen LogP contribution < -0.4 is 15.4 Å². The van der Waals surface area contributed by atoms with Crippen LogP contribution in [0.5, 0.6) is 5.75 Å². The summed E-state index contributed by atoms with van der Waals surface area (Å²) in [7, 11) is 0. The molecule has 30 heavy (non-hydrogen) atoms. The number of ether oxygens (including phenoxy) is 1. The van der Waals surface area contributed by atoms with Gasteiger partial charge in [0.25, 0.3) is 0 Å². The van der Waals surface area contributed by atoms with Crippen molar-refractivity contribution in [2.75, 3.05) is 36.6 Å². The summed E-state index contributed by atoms with van der Waals surface area (Å²) in [6.07, 6.45) is 5.62. The van der Waals surface area contributed by atoms with Crippen LogP contribution in [0.15, 0.2) is 47.4 Å². The summed E-state index contributed by atoms with van der Waals surface area (Å²) < 4.78 is 5.53. The largest absolute Gasteiger partial charge is 0.493 e. The zero-order valence-electron chi connectivity index (χ0n) is 17.1. The first-order chi connectivity index (χ1) is 14.6. The van der Waals surface area contributed by atoms with Crippen molar-refractivity contribution >= 4 is 35.0 Å². The number of hydrogen-bond donors (Lipinski definition) is 2. The number of nitrogens with zero attached hydrogens (tertiary/aromatic N) is 1. The van der Waals surface area contributed by atoms with Crippen LogP contribution in [0.4, 0.5) is 11.4 Å². The van der Waals surface area contributed by atoms with Crippen LogP contribution in [0.1, 0.15) is 24.8 Å². The van der Waals surface area contributed by atoms with E-state index in [4.69, 9.17) is 4.74 Å². The number of carbonyl (C=O) groups is 2. The van der Waals surface area contributed by atoms with Gasteiger partial charge >= 0.3 is 0 Å². The molecule has 0 radical (unpaired) electrons. The predicted molar refractivity (Wildman–Crippen MR) is 120 cm³/mol. The van der Waals surface area contributed by atoms with Gasteiger partial charge in [0.05, 0.1) is 19.2 Å². The summed E-state index contributed by atoms with van der Waals surface area (Å²) in [5.74, 6) is 0.753. The maximum Gasteiger partial charge on any atom is 0.241 e. The third kappa shape index (κ3) is 4.96. The Morgan fingerprint density at radius 1 is 1.13 bits per heavy atom. The summed E-state index contributed by atoms with van der Waals surface area (Å²) in [5.41, 5.74) is 2.69. The van der Waals surface area contributed by atoms with Gasteiger partial charge in [-0.1, -0.05) is 12.5 Å². The van der Waals surface area contributed by atoms with Crippen LogP contribution in [-0.2, 0) is 16.0 Å². The molecule has 2 aliphatic heterocycles. The maximum atomic E-state index is 13.0. The minimum Gasteiger partial charge on any atom is -0.493 e. The first kappa shape index (κ1) is 20.8. The first-order valence-electron chi connectivity index (χ1n) is 10.4. The highest BCUT2D eigenvalue weighted by atomic mass is 32.2. The number of likely N-dealkylation sites (tertiary alicyclic amines) is 1. The van der Waals surface area contributed by atoms with E-state index in [1.807, 2.05) is 53.6 Å². The van der Waals surface area contributed by atoms with Crippen molar-refractivity contribution < 1.29 is 14.3 Å². The average molecular weight is 426 g/mol. The highest BCUT2D eigenvalue weighted by molar-refractivity contribution is 7.98. The molecule has 2 aliphatic rings. The highest BCUT2D eigenvalue weighted by Crippen LogP contribution is 2.28. The molecule has 4 rings (SSSR count). The number of piperidine rings is 1. The number of fused-ring (bicyclic) bond motifs is 1. The highest BCUT2D eigenvalue weighted by Gasteiger charge is 2.30. The molecule has 0 aromatic heterocycles. The molecule has 2 aromatic carbocycles. The van der Waals surface area contributed by atoms with Gasteiger partial charge in [0.2, 0.25) is 11.8 Å². The van der Waals surface area contributed by atoms with Crippen molar-refractivity contribution in [2.24, 2.45) is 0 Å². The van der Waals surface area contributed by atoms with Crippen molar-refractivity contribution in [1.29, 1.82) is 0 Å². The second-order valence-corrected chi connectivity index (χ2v) is 8.55. The Hall–Kier alpha value is -2.51. The van der Waals surface area contributed by atoms with E-state index in [1.54, 1.807) is 11.8 Å². The van der Waals surface area contributed by atoms with Gasteiger partial charge in [-0.3, -0.25) is 14.5 Å². The lowest BCUT2D eigenvalue weighted by Crippen LogP contribution is -2.49. The number of amides is 2. The van der Waals surface area contributed by atoms with E-state index in [0.29, 0.717) is 6.61 Å². The van der Waals surface area contributed by atoms with Crippen molar-refractivity contribution in [3.05, 3.63) is 48.0 Å². The number of anilines is 2. The fourth-order valence-corrected chi connectivity index (χ4v) is 4.51. The van der Waals surface area contributed by atoms with Gasteiger partial charge in [-0.05, 0) is 67.6 Å². The van der Waals surface area contributed by atoms with Crippen LogP contribution in [0.25, 0.3) is 0 Å². The van der Waals surface area contributed by atoms with Gasteiger partial charge in [-0.25, -0.2) is 0 Å². The third-order valence-electron chi connectivity index (χ3n) is 5.57. The molecule has 2 N–H and O–H groups in total. The Bertz CT molecular complexity index is 934. The number of benzene rings is 2. The lowest BCUT2D eigenvalue weighted by molar-refractivity contribution is -0.124. The van der Waals surface area contributed by atoms with Crippen molar-refractivity contribution in [3.8, 4) is 5.75 Å². The van der Waals surface area contributed by atoms with Gasteiger partial charge in [-0.15, -0.1) is 11.8 Å². The molecule has 158 valence electrons. The number of thioether (sulfide) groups is 1. The van der Waals surface area contributed by atoms with Gasteiger partial charge in [-0.2, -0.15) is 0 Å². The second kappa shape index (κ2) is 9.53. The molecule has 0 aliphatic carbocycles. The Labute approximate surface area is 181 Å². The number of nitrogens with one attached hydrogen (secondary N) is 2. The fraction of sp³-hybridized carbons (Fsp3) is 0.391. The minimum atomic E-state index is -0.300. The van der Waals surface area contributed by atoms with Gasteiger partial charge < -0.3 is 15.4 Å². The summed E-state index contributed by atoms with van der Waals surface area (Å²) in [4.78, 5) is 28.7. The molecular formula is C23H27N3O3S. The Morgan fingerprint density at radius 3 is 2.87 bits per heavy atom. The maximum absolute atomic E-state index is 13.0. The number of carbonyl (C=O) groups excluding carboxylic acids is 2. The zero-order valence-corrected chi connectivity index (χ0v) is 18.0. The Morgan fingerprint density at radius 2 is 2.00 bits per heavy atom. The van der Waals surface area contributed by atoms with E-state index < -0.39 is 0 Å². The molecule has 0 spiro atoms. The van der Waals surface area contributed by atoms with Crippen LogP contribution in [-0.4, -0.2) is 48.7 Å². The average Bonchev–Trinajstić information content (AvgIpc) is 3.22. The van der Waals surface area contributed by atoms with Crippen molar-refractivity contribution in [3.63, 3.8) is 0 Å². The van der Waals surface area contributed by atoms with Crippen LogP contribution in [0.2, 0.25) is 0 Å². The first-order valence-corrected chi connectivity index (χ1v) is 11.6. The van der Waals surface area contributed by atoms with Gasteiger partial charge in [0.15, 0.2) is 0 Å². The molecule has 7 heteroatoms. The smallest absolute Gasteiger partial charge is 0.241 e. The topological polar surface area (TPSA) is 70.7 Å². The fourth-order valence-electron chi connectivity index (χ4n) is 4.05. The van der Waals surface area contributed by atoms with Crippen LogP contribution in [0.3, 0.4) is 0 Å². The van der Waals surface area contributed by atoms with E-state index >= 15 is 0 Å². The second-order valence-electron chi connectivity index (χ2n) is 7.67.